The normalized spacial score (nSPS) is 10.6. The highest BCUT2D eigenvalue weighted by Crippen LogP contribution is 2.35. The number of rotatable bonds is 3. The first-order valence-electron chi connectivity index (χ1n) is 5.08. The largest absolute Gasteiger partial charge is 0.460 e. The van der Waals surface area contributed by atoms with Crippen LogP contribution in [0.15, 0.2) is 27.1 Å². The molecular formula is C11H8BrNO5. The van der Waals surface area contributed by atoms with Gasteiger partial charge in [0.15, 0.2) is 0 Å². The Morgan fingerprint density at radius 2 is 2.28 bits per heavy atom. The van der Waals surface area contributed by atoms with Gasteiger partial charge in [0.25, 0.3) is 5.69 Å². The van der Waals surface area contributed by atoms with Gasteiger partial charge in [-0.15, -0.1) is 0 Å². The van der Waals surface area contributed by atoms with E-state index in [1.807, 2.05) is 0 Å². The molecule has 0 spiro atoms. The van der Waals surface area contributed by atoms with Crippen molar-refractivity contribution in [2.24, 2.45) is 0 Å². The van der Waals surface area contributed by atoms with E-state index in [1.165, 1.54) is 12.1 Å². The first kappa shape index (κ1) is 12.6. The van der Waals surface area contributed by atoms with Crippen molar-refractivity contribution in [3.05, 3.63) is 38.5 Å². The van der Waals surface area contributed by atoms with Gasteiger partial charge in [0.2, 0.25) is 5.76 Å². The fourth-order valence-corrected chi connectivity index (χ4v) is 2.05. The number of ether oxygens (including phenoxy) is 1. The second-order valence-corrected chi connectivity index (χ2v) is 4.25. The van der Waals surface area contributed by atoms with Crippen LogP contribution in [0.5, 0.6) is 0 Å². The molecule has 0 atom stereocenters. The molecule has 2 aromatic rings. The standard InChI is InChI=1S/C11H8BrNO5/c1-2-17-11(14)9-5-6-8(18-9)4-3-7(12)10(6)13(15)16/h3-5H,2H2,1H3. The zero-order valence-electron chi connectivity index (χ0n) is 9.31. The Bertz CT molecular complexity index is 634. The van der Waals surface area contributed by atoms with Crippen LogP contribution in [0.1, 0.15) is 17.5 Å². The fourth-order valence-electron chi connectivity index (χ4n) is 1.56. The highest BCUT2D eigenvalue weighted by atomic mass is 79.9. The summed E-state index contributed by atoms with van der Waals surface area (Å²) >= 11 is 3.10. The summed E-state index contributed by atoms with van der Waals surface area (Å²) in [5.74, 6) is -0.688. The van der Waals surface area contributed by atoms with Crippen molar-refractivity contribution in [1.82, 2.24) is 0 Å². The lowest BCUT2D eigenvalue weighted by molar-refractivity contribution is -0.383. The number of carbonyl (C=O) groups excluding carboxylic acids is 1. The summed E-state index contributed by atoms with van der Waals surface area (Å²) in [6.07, 6.45) is 0. The van der Waals surface area contributed by atoms with E-state index >= 15 is 0 Å². The minimum atomic E-state index is -0.640. The van der Waals surface area contributed by atoms with Crippen molar-refractivity contribution in [1.29, 1.82) is 0 Å². The molecular weight excluding hydrogens is 306 g/mol. The molecule has 0 saturated heterocycles. The van der Waals surface area contributed by atoms with Crippen molar-refractivity contribution >= 4 is 38.6 Å². The lowest BCUT2D eigenvalue weighted by Crippen LogP contribution is -2.02. The average molecular weight is 314 g/mol. The van der Waals surface area contributed by atoms with E-state index in [0.29, 0.717) is 4.47 Å². The van der Waals surface area contributed by atoms with Gasteiger partial charge in [-0.25, -0.2) is 4.79 Å². The van der Waals surface area contributed by atoms with Gasteiger partial charge < -0.3 is 9.15 Å². The quantitative estimate of drug-likeness (QED) is 0.493. The van der Waals surface area contributed by atoms with Gasteiger partial charge in [-0.2, -0.15) is 0 Å². The molecule has 1 aromatic carbocycles. The van der Waals surface area contributed by atoms with Gasteiger partial charge in [-0.1, -0.05) is 0 Å². The highest BCUT2D eigenvalue weighted by Gasteiger charge is 2.22. The van der Waals surface area contributed by atoms with Crippen LogP contribution in [0.3, 0.4) is 0 Å². The third-order valence-corrected chi connectivity index (χ3v) is 2.92. The van der Waals surface area contributed by atoms with Crippen LogP contribution in [-0.2, 0) is 4.74 Å². The number of halogens is 1. The van der Waals surface area contributed by atoms with Crippen molar-refractivity contribution in [3.8, 4) is 0 Å². The Hall–Kier alpha value is -1.89. The molecule has 0 bridgehead atoms. The van der Waals surface area contributed by atoms with Crippen LogP contribution in [0, 0.1) is 10.1 Å². The van der Waals surface area contributed by atoms with E-state index in [0.717, 1.165) is 0 Å². The van der Waals surface area contributed by atoms with Crippen LogP contribution in [-0.4, -0.2) is 17.5 Å². The second kappa shape index (κ2) is 4.77. The Labute approximate surface area is 110 Å². The summed E-state index contributed by atoms with van der Waals surface area (Å²) < 4.78 is 10.3. The number of hydrogen-bond acceptors (Lipinski definition) is 5. The van der Waals surface area contributed by atoms with Crippen LogP contribution in [0.4, 0.5) is 5.69 Å². The topological polar surface area (TPSA) is 82.6 Å². The molecule has 0 saturated carbocycles. The molecule has 1 heterocycles. The number of furan rings is 1. The number of esters is 1. The molecule has 94 valence electrons. The second-order valence-electron chi connectivity index (χ2n) is 3.40. The number of nitro groups is 1. The monoisotopic (exact) mass is 313 g/mol. The van der Waals surface area contributed by atoms with Gasteiger partial charge >= 0.3 is 5.97 Å². The minimum absolute atomic E-state index is 0.0481. The molecule has 0 fully saturated rings. The van der Waals surface area contributed by atoms with Gasteiger partial charge in [0.05, 0.1) is 16.0 Å². The number of nitro benzene ring substituents is 1. The van der Waals surface area contributed by atoms with Crippen LogP contribution in [0.2, 0.25) is 0 Å². The third-order valence-electron chi connectivity index (χ3n) is 2.28. The summed E-state index contributed by atoms with van der Waals surface area (Å²) in [7, 11) is 0. The summed E-state index contributed by atoms with van der Waals surface area (Å²) in [5.41, 5.74) is 0.139. The molecule has 0 amide bonds. The SMILES string of the molecule is CCOC(=O)c1cc2c([N+](=O)[O-])c(Br)ccc2o1. The zero-order valence-corrected chi connectivity index (χ0v) is 10.9. The van der Waals surface area contributed by atoms with Gasteiger partial charge in [0, 0.05) is 6.07 Å². The number of carbonyl (C=O) groups is 1. The summed E-state index contributed by atoms with van der Waals surface area (Å²) in [6.45, 7) is 1.88. The zero-order chi connectivity index (χ0) is 13.3. The van der Waals surface area contributed by atoms with E-state index in [9.17, 15) is 14.9 Å². The van der Waals surface area contributed by atoms with Crippen molar-refractivity contribution < 1.29 is 18.9 Å². The number of benzene rings is 1. The summed E-state index contributed by atoms with van der Waals surface area (Å²) in [4.78, 5) is 21.9. The summed E-state index contributed by atoms with van der Waals surface area (Å²) in [6, 6.07) is 4.37. The van der Waals surface area contributed by atoms with E-state index in [1.54, 1.807) is 13.0 Å². The van der Waals surface area contributed by atoms with Crippen molar-refractivity contribution in [3.63, 3.8) is 0 Å². The minimum Gasteiger partial charge on any atom is -0.460 e. The average Bonchev–Trinajstić information content (AvgIpc) is 2.72. The summed E-state index contributed by atoms with van der Waals surface area (Å²) in [5, 5.41) is 11.2. The van der Waals surface area contributed by atoms with Crippen LogP contribution in [0.25, 0.3) is 11.0 Å². The van der Waals surface area contributed by atoms with Crippen LogP contribution >= 0.6 is 15.9 Å². The maximum atomic E-state index is 11.5. The van der Waals surface area contributed by atoms with Gasteiger partial charge in [0.1, 0.15) is 11.0 Å². The van der Waals surface area contributed by atoms with Crippen molar-refractivity contribution in [2.75, 3.05) is 6.61 Å². The molecule has 0 aliphatic rings. The molecule has 0 unspecified atom stereocenters. The highest BCUT2D eigenvalue weighted by molar-refractivity contribution is 9.10. The number of hydrogen-bond donors (Lipinski definition) is 0. The molecule has 7 heteroatoms. The van der Waals surface area contributed by atoms with E-state index in [4.69, 9.17) is 9.15 Å². The lowest BCUT2D eigenvalue weighted by atomic mass is 10.2. The number of fused-ring (bicyclic) bond motifs is 1. The number of nitrogens with zero attached hydrogens (tertiary/aromatic N) is 1. The Kier molecular flexibility index (Phi) is 3.33. The lowest BCUT2D eigenvalue weighted by Gasteiger charge is -1.95. The smallest absolute Gasteiger partial charge is 0.374 e. The van der Waals surface area contributed by atoms with Gasteiger partial charge in [-0.3, -0.25) is 10.1 Å². The molecule has 0 radical (unpaired) electrons. The third kappa shape index (κ3) is 2.08. The molecule has 0 aliphatic heterocycles. The molecule has 2 rings (SSSR count). The van der Waals surface area contributed by atoms with Crippen LogP contribution < -0.4 is 0 Å². The predicted molar refractivity (Wildman–Crippen MR) is 66.5 cm³/mol. The first-order chi connectivity index (χ1) is 8.54. The maximum Gasteiger partial charge on any atom is 0.374 e. The molecule has 6 nitrogen and oxygen atoms in total. The Morgan fingerprint density at radius 1 is 1.56 bits per heavy atom. The van der Waals surface area contributed by atoms with E-state index in [-0.39, 0.29) is 29.0 Å². The van der Waals surface area contributed by atoms with Crippen molar-refractivity contribution in [2.45, 2.75) is 6.92 Å². The maximum absolute atomic E-state index is 11.5. The van der Waals surface area contributed by atoms with E-state index < -0.39 is 10.9 Å². The first-order valence-corrected chi connectivity index (χ1v) is 5.87. The van der Waals surface area contributed by atoms with Gasteiger partial charge in [-0.05, 0) is 35.0 Å². The molecule has 0 aliphatic carbocycles. The molecule has 1 aromatic heterocycles. The Morgan fingerprint density at radius 3 is 2.89 bits per heavy atom. The predicted octanol–water partition coefficient (Wildman–Crippen LogP) is 3.28. The fraction of sp³-hybridized carbons (Fsp3) is 0.182. The molecule has 18 heavy (non-hydrogen) atoms. The molecule has 0 N–H and O–H groups in total. The van der Waals surface area contributed by atoms with E-state index in [2.05, 4.69) is 15.9 Å². The Balaban J connectivity index is 2.61.